The fraction of sp³-hybridized carbons (Fsp3) is 1.00. The van der Waals surface area contributed by atoms with E-state index in [4.69, 9.17) is 0 Å². The van der Waals surface area contributed by atoms with Gasteiger partial charge in [0, 0.05) is 11.6 Å². The molecule has 0 aromatic heterocycles. The van der Waals surface area contributed by atoms with Gasteiger partial charge < -0.3 is 0 Å². The highest BCUT2D eigenvalue weighted by Crippen LogP contribution is 2.30. The summed E-state index contributed by atoms with van der Waals surface area (Å²) in [7, 11) is -2.81. The Labute approximate surface area is 90.2 Å². The Bertz CT molecular complexity index is 236. The number of rotatable bonds is 6. The molecule has 13 heavy (non-hydrogen) atoms. The van der Waals surface area contributed by atoms with Gasteiger partial charge in [0.05, 0.1) is 5.75 Å². The molecule has 2 nitrogen and oxygen atoms in total. The molecular weight excluding hydrogens is 252 g/mol. The van der Waals surface area contributed by atoms with Gasteiger partial charge in [0.25, 0.3) is 0 Å². The lowest BCUT2D eigenvalue weighted by atomic mass is 9.85. The minimum Gasteiger partial charge on any atom is -0.229 e. The van der Waals surface area contributed by atoms with Gasteiger partial charge in [-0.25, -0.2) is 8.42 Å². The first kappa shape index (κ1) is 13.4. The Kier molecular flexibility index (Phi) is 5.52. The van der Waals surface area contributed by atoms with Gasteiger partial charge in [-0.1, -0.05) is 36.2 Å². The Hall–Kier alpha value is 0.430. The third kappa shape index (κ3) is 6.49. The third-order valence-electron chi connectivity index (χ3n) is 2.25. The molecule has 0 fully saturated rings. The van der Waals surface area contributed by atoms with Gasteiger partial charge in [-0.2, -0.15) is 0 Å². The molecule has 1 unspecified atom stereocenters. The predicted molar refractivity (Wildman–Crippen MR) is 61.1 cm³/mol. The van der Waals surface area contributed by atoms with Gasteiger partial charge in [0.15, 0.2) is 0 Å². The van der Waals surface area contributed by atoms with E-state index in [1.807, 2.05) is 0 Å². The van der Waals surface area contributed by atoms with Crippen molar-refractivity contribution in [2.24, 2.45) is 5.41 Å². The van der Waals surface area contributed by atoms with E-state index in [1.165, 1.54) is 6.26 Å². The molecule has 0 bridgehead atoms. The molecule has 0 aliphatic rings. The smallest absolute Gasteiger partial charge is 0.147 e. The summed E-state index contributed by atoms with van der Waals surface area (Å²) in [6, 6.07) is 0. The molecule has 0 saturated heterocycles. The molecule has 80 valence electrons. The number of alkyl halides is 1. The minimum atomic E-state index is -2.81. The van der Waals surface area contributed by atoms with Crippen LogP contribution in [0.1, 0.15) is 33.1 Å². The molecule has 0 amide bonds. The van der Waals surface area contributed by atoms with Gasteiger partial charge in [-0.05, 0) is 18.3 Å². The average Bonchev–Trinajstić information content (AvgIpc) is 2.01. The summed E-state index contributed by atoms with van der Waals surface area (Å²) >= 11 is 3.45. The van der Waals surface area contributed by atoms with Gasteiger partial charge in [0.1, 0.15) is 9.84 Å². The zero-order chi connectivity index (χ0) is 10.5. The maximum absolute atomic E-state index is 11.0. The van der Waals surface area contributed by atoms with Crippen LogP contribution in [0.4, 0.5) is 0 Å². The molecule has 0 aromatic carbocycles. The van der Waals surface area contributed by atoms with Gasteiger partial charge in [0.2, 0.25) is 0 Å². The molecule has 0 N–H and O–H groups in total. The van der Waals surface area contributed by atoms with E-state index in [0.29, 0.717) is 5.75 Å². The second-order valence-corrected chi connectivity index (χ2v) is 6.89. The topological polar surface area (TPSA) is 34.1 Å². The Morgan fingerprint density at radius 1 is 1.31 bits per heavy atom. The predicted octanol–water partition coefficient (Wildman–Crippen LogP) is 2.62. The van der Waals surface area contributed by atoms with E-state index in [1.54, 1.807) is 0 Å². The highest BCUT2D eigenvalue weighted by atomic mass is 79.9. The average molecular weight is 271 g/mol. The van der Waals surface area contributed by atoms with Crippen LogP contribution in [-0.4, -0.2) is 25.8 Å². The Morgan fingerprint density at radius 2 is 1.85 bits per heavy atom. The minimum absolute atomic E-state index is 0.137. The van der Waals surface area contributed by atoms with Gasteiger partial charge in [-0.3, -0.25) is 0 Å². The first-order chi connectivity index (χ1) is 5.83. The van der Waals surface area contributed by atoms with E-state index in [0.717, 1.165) is 24.6 Å². The summed E-state index contributed by atoms with van der Waals surface area (Å²) in [6.07, 6.45) is 4.23. The van der Waals surface area contributed by atoms with Crippen LogP contribution >= 0.6 is 15.9 Å². The molecular formula is C9H19BrO2S. The molecule has 0 radical (unpaired) electrons. The normalized spacial score (nSPS) is 16.9. The first-order valence-corrected chi connectivity index (χ1v) is 7.75. The fourth-order valence-corrected chi connectivity index (χ4v) is 2.72. The maximum atomic E-state index is 11.0. The molecule has 0 saturated carbocycles. The molecule has 0 heterocycles. The van der Waals surface area contributed by atoms with Crippen molar-refractivity contribution in [2.75, 3.05) is 17.3 Å². The molecule has 1 atom stereocenters. The van der Waals surface area contributed by atoms with Gasteiger partial charge >= 0.3 is 0 Å². The van der Waals surface area contributed by atoms with Crippen molar-refractivity contribution in [1.82, 2.24) is 0 Å². The molecule has 0 rings (SSSR count). The Balaban J connectivity index is 4.13. The molecule has 0 aliphatic heterocycles. The lowest BCUT2D eigenvalue weighted by Crippen LogP contribution is -2.22. The van der Waals surface area contributed by atoms with Crippen molar-refractivity contribution >= 4 is 25.8 Å². The summed E-state index contributed by atoms with van der Waals surface area (Å²) < 4.78 is 22.0. The second-order valence-electron chi connectivity index (χ2n) is 4.07. The van der Waals surface area contributed by atoms with Crippen LogP contribution in [0, 0.1) is 5.41 Å². The van der Waals surface area contributed by atoms with E-state index < -0.39 is 9.84 Å². The van der Waals surface area contributed by atoms with E-state index in [2.05, 4.69) is 29.8 Å². The highest BCUT2D eigenvalue weighted by Gasteiger charge is 2.23. The molecule has 0 aromatic rings. The van der Waals surface area contributed by atoms with E-state index in [-0.39, 0.29) is 5.41 Å². The quantitative estimate of drug-likeness (QED) is 0.696. The summed E-state index contributed by atoms with van der Waals surface area (Å²) in [5.74, 6) is 0.301. The molecule has 0 aliphatic carbocycles. The lowest BCUT2D eigenvalue weighted by Gasteiger charge is -2.26. The third-order valence-corrected chi connectivity index (χ3v) is 4.55. The van der Waals surface area contributed by atoms with Crippen LogP contribution in [0.15, 0.2) is 0 Å². The maximum Gasteiger partial charge on any atom is 0.147 e. The lowest BCUT2D eigenvalue weighted by molar-refractivity contribution is 0.330. The zero-order valence-electron chi connectivity index (χ0n) is 8.64. The number of hydrogen-bond acceptors (Lipinski definition) is 2. The van der Waals surface area contributed by atoms with E-state index in [9.17, 15) is 8.42 Å². The van der Waals surface area contributed by atoms with Gasteiger partial charge in [-0.15, -0.1) is 0 Å². The standard InChI is InChI=1S/C9H19BrO2S/c1-4-5-9(2,8-10)6-7-13(3,11)12/h4-8H2,1-3H3. The van der Waals surface area contributed by atoms with Crippen LogP contribution in [-0.2, 0) is 9.84 Å². The summed E-state index contributed by atoms with van der Waals surface area (Å²) in [4.78, 5) is 0. The molecule has 4 heteroatoms. The number of hydrogen-bond donors (Lipinski definition) is 0. The van der Waals surface area contributed by atoms with E-state index >= 15 is 0 Å². The largest absolute Gasteiger partial charge is 0.229 e. The van der Waals surface area contributed by atoms with Crippen LogP contribution < -0.4 is 0 Å². The van der Waals surface area contributed by atoms with Crippen molar-refractivity contribution in [3.63, 3.8) is 0 Å². The summed E-state index contributed by atoms with van der Waals surface area (Å²) in [5.41, 5.74) is 0.137. The fourth-order valence-electron chi connectivity index (χ4n) is 1.29. The zero-order valence-corrected chi connectivity index (χ0v) is 11.0. The molecule has 0 spiro atoms. The van der Waals surface area contributed by atoms with Crippen molar-refractivity contribution in [3.05, 3.63) is 0 Å². The van der Waals surface area contributed by atoms with Crippen LogP contribution in [0.3, 0.4) is 0 Å². The highest BCUT2D eigenvalue weighted by molar-refractivity contribution is 9.09. The summed E-state index contributed by atoms with van der Waals surface area (Å²) in [5, 5.41) is 0.878. The SMILES string of the molecule is CCCC(C)(CBr)CCS(C)(=O)=O. The first-order valence-electron chi connectivity index (χ1n) is 4.57. The van der Waals surface area contributed by atoms with Crippen LogP contribution in [0.2, 0.25) is 0 Å². The Morgan fingerprint density at radius 3 is 2.15 bits per heavy atom. The second kappa shape index (κ2) is 5.35. The monoisotopic (exact) mass is 270 g/mol. The number of halogens is 1. The van der Waals surface area contributed by atoms with Crippen LogP contribution in [0.5, 0.6) is 0 Å². The van der Waals surface area contributed by atoms with Crippen molar-refractivity contribution in [1.29, 1.82) is 0 Å². The van der Waals surface area contributed by atoms with Crippen LogP contribution in [0.25, 0.3) is 0 Å². The van der Waals surface area contributed by atoms with Crippen molar-refractivity contribution in [3.8, 4) is 0 Å². The summed E-state index contributed by atoms with van der Waals surface area (Å²) in [6.45, 7) is 4.26. The van der Waals surface area contributed by atoms with Crippen molar-refractivity contribution < 1.29 is 8.42 Å². The van der Waals surface area contributed by atoms with Crippen molar-refractivity contribution in [2.45, 2.75) is 33.1 Å². The number of sulfone groups is 1.